The lowest BCUT2D eigenvalue weighted by atomic mass is 10.2. The minimum Gasteiger partial charge on any atom is -0.383 e. The van der Waals surface area contributed by atoms with Crippen molar-refractivity contribution < 1.29 is 4.79 Å². The normalized spacial score (nSPS) is 11.6. The molecule has 3 nitrogen and oxygen atoms in total. The number of para-hydroxylation sites is 1. The van der Waals surface area contributed by atoms with Gasteiger partial charge >= 0.3 is 0 Å². The summed E-state index contributed by atoms with van der Waals surface area (Å²) in [5.74, 6) is 0.853. The van der Waals surface area contributed by atoms with Crippen molar-refractivity contribution in [3.63, 3.8) is 0 Å². The third-order valence-corrected chi connectivity index (χ3v) is 5.24. The van der Waals surface area contributed by atoms with Crippen molar-refractivity contribution >= 4 is 58.6 Å². The van der Waals surface area contributed by atoms with Crippen LogP contribution in [0.4, 0.5) is 5.69 Å². The van der Waals surface area contributed by atoms with E-state index in [0.717, 1.165) is 33.3 Å². The standard InChI is InChI=1S/C21H21ClN2OS2/c22-19-9-2-3-10-20(19)24-12-13-27-21(11-4-1-7-17(23)15-25)16-6-5-8-18(26)14-16/h1-6,8-11,14-15,23-24,26H,7,12-13H2/b4-1+,21-11-,23-17?. The molecule has 0 atom stereocenters. The lowest BCUT2D eigenvalue weighted by Gasteiger charge is -2.10. The van der Waals surface area contributed by atoms with Gasteiger partial charge < -0.3 is 10.7 Å². The first-order valence-electron chi connectivity index (χ1n) is 8.40. The van der Waals surface area contributed by atoms with E-state index in [1.165, 1.54) is 0 Å². The Labute approximate surface area is 174 Å². The van der Waals surface area contributed by atoms with Crippen molar-refractivity contribution in [2.75, 3.05) is 17.6 Å². The molecule has 0 saturated heterocycles. The van der Waals surface area contributed by atoms with Crippen molar-refractivity contribution in [2.24, 2.45) is 0 Å². The Bertz CT molecular complexity index is 850. The molecule has 2 N–H and O–H groups in total. The number of carbonyl (C=O) groups is 1. The van der Waals surface area contributed by atoms with Gasteiger partial charge in [-0.25, -0.2) is 0 Å². The topological polar surface area (TPSA) is 53.0 Å². The summed E-state index contributed by atoms with van der Waals surface area (Å²) in [5, 5.41) is 11.4. The minimum absolute atomic E-state index is 0.0650. The highest BCUT2D eigenvalue weighted by Gasteiger charge is 2.03. The van der Waals surface area contributed by atoms with Crippen molar-refractivity contribution in [2.45, 2.75) is 11.3 Å². The Hall–Kier alpha value is -1.95. The third-order valence-electron chi connectivity index (χ3n) is 3.54. The Morgan fingerprint density at radius 2 is 2.04 bits per heavy atom. The summed E-state index contributed by atoms with van der Waals surface area (Å²) < 4.78 is 0. The largest absolute Gasteiger partial charge is 0.383 e. The van der Waals surface area contributed by atoms with Gasteiger partial charge in [-0.1, -0.05) is 48.0 Å². The van der Waals surface area contributed by atoms with Crippen LogP contribution in [-0.2, 0) is 4.79 Å². The maximum Gasteiger partial charge on any atom is 0.163 e. The van der Waals surface area contributed by atoms with Crippen molar-refractivity contribution in [3.05, 3.63) is 77.3 Å². The van der Waals surface area contributed by atoms with E-state index in [4.69, 9.17) is 17.0 Å². The van der Waals surface area contributed by atoms with Gasteiger partial charge in [-0.15, -0.1) is 24.4 Å². The number of thiol groups is 1. The van der Waals surface area contributed by atoms with Gasteiger partial charge in [-0.3, -0.25) is 4.79 Å². The summed E-state index contributed by atoms with van der Waals surface area (Å²) >= 11 is 12.3. The van der Waals surface area contributed by atoms with E-state index >= 15 is 0 Å². The Kier molecular flexibility index (Phi) is 9.25. The van der Waals surface area contributed by atoms with Crippen molar-refractivity contribution in [1.82, 2.24) is 0 Å². The summed E-state index contributed by atoms with van der Waals surface area (Å²) in [6.45, 7) is 0.770. The number of thioether (sulfide) groups is 1. The molecule has 0 aliphatic carbocycles. The van der Waals surface area contributed by atoms with Crippen molar-refractivity contribution in [1.29, 1.82) is 5.41 Å². The molecule has 0 unspecified atom stereocenters. The molecular formula is C21H21ClN2OS2. The number of hydrogen-bond donors (Lipinski definition) is 3. The molecule has 0 aliphatic rings. The van der Waals surface area contributed by atoms with Gasteiger partial charge in [0.1, 0.15) is 0 Å². The van der Waals surface area contributed by atoms with Crippen LogP contribution in [-0.4, -0.2) is 24.3 Å². The number of anilines is 1. The molecule has 0 bridgehead atoms. The molecule has 2 aromatic rings. The zero-order valence-corrected chi connectivity index (χ0v) is 17.2. The van der Waals surface area contributed by atoms with Crippen LogP contribution in [0.3, 0.4) is 0 Å². The Morgan fingerprint density at radius 3 is 2.78 bits per heavy atom. The summed E-state index contributed by atoms with van der Waals surface area (Å²) in [7, 11) is 0. The van der Waals surface area contributed by atoms with E-state index in [1.807, 2.05) is 66.8 Å². The van der Waals surface area contributed by atoms with Gasteiger partial charge in [0.2, 0.25) is 0 Å². The molecule has 27 heavy (non-hydrogen) atoms. The highest BCUT2D eigenvalue weighted by Crippen LogP contribution is 2.29. The van der Waals surface area contributed by atoms with Gasteiger partial charge in [0.15, 0.2) is 6.29 Å². The molecule has 2 aromatic carbocycles. The molecule has 0 amide bonds. The number of halogens is 1. The van der Waals surface area contributed by atoms with Crippen LogP contribution in [0.25, 0.3) is 4.91 Å². The predicted octanol–water partition coefficient (Wildman–Crippen LogP) is 5.98. The fourth-order valence-electron chi connectivity index (χ4n) is 2.24. The highest BCUT2D eigenvalue weighted by molar-refractivity contribution is 8.08. The molecule has 0 fully saturated rings. The molecule has 0 aliphatic heterocycles. The SMILES string of the molecule is N=C(C=O)C/C=C/C=C(\SCCNc1ccccc1Cl)c1cccc(S)c1. The molecule has 0 radical (unpaired) electrons. The monoisotopic (exact) mass is 416 g/mol. The molecule has 0 spiro atoms. The van der Waals surface area contributed by atoms with Gasteiger partial charge in [-0.2, -0.15) is 0 Å². The second-order valence-corrected chi connectivity index (χ2v) is 7.67. The van der Waals surface area contributed by atoms with Gasteiger partial charge in [0.05, 0.1) is 16.4 Å². The average Bonchev–Trinajstić information content (AvgIpc) is 2.67. The Balaban J connectivity index is 2.00. The molecule has 0 saturated carbocycles. The molecule has 0 heterocycles. The molecule has 6 heteroatoms. The van der Waals surface area contributed by atoms with Crippen LogP contribution in [0.5, 0.6) is 0 Å². The maximum absolute atomic E-state index is 10.5. The number of hydrogen-bond acceptors (Lipinski definition) is 5. The fraction of sp³-hybridized carbons (Fsp3) is 0.143. The lowest BCUT2D eigenvalue weighted by Crippen LogP contribution is -2.04. The van der Waals surface area contributed by atoms with Crippen LogP contribution in [0, 0.1) is 5.41 Å². The highest BCUT2D eigenvalue weighted by atomic mass is 35.5. The van der Waals surface area contributed by atoms with Crippen LogP contribution in [0.2, 0.25) is 5.02 Å². The van der Waals surface area contributed by atoms with Crippen LogP contribution in [0.1, 0.15) is 12.0 Å². The quantitative estimate of drug-likeness (QED) is 0.147. The minimum atomic E-state index is 0.0650. The summed E-state index contributed by atoms with van der Waals surface area (Å²) in [5.41, 5.74) is 2.07. The Morgan fingerprint density at radius 1 is 1.22 bits per heavy atom. The van der Waals surface area contributed by atoms with E-state index in [0.29, 0.717) is 17.7 Å². The molecule has 140 valence electrons. The first kappa shape index (κ1) is 21.4. The van der Waals surface area contributed by atoms with Crippen LogP contribution < -0.4 is 5.32 Å². The van der Waals surface area contributed by atoms with E-state index in [2.05, 4.69) is 17.9 Å². The van der Waals surface area contributed by atoms with Crippen molar-refractivity contribution in [3.8, 4) is 0 Å². The van der Waals surface area contributed by atoms with Crippen LogP contribution in [0.15, 0.2) is 71.7 Å². The molecule has 0 aromatic heterocycles. The first-order valence-corrected chi connectivity index (χ1v) is 10.2. The van der Waals surface area contributed by atoms with Gasteiger partial charge in [0, 0.05) is 28.5 Å². The van der Waals surface area contributed by atoms with E-state index in [9.17, 15) is 4.79 Å². The van der Waals surface area contributed by atoms with Gasteiger partial charge in [0.25, 0.3) is 0 Å². The molecular weight excluding hydrogens is 396 g/mol. The van der Waals surface area contributed by atoms with Gasteiger partial charge in [-0.05, 0) is 35.9 Å². The van der Waals surface area contributed by atoms with E-state index in [1.54, 1.807) is 11.8 Å². The van der Waals surface area contributed by atoms with E-state index in [-0.39, 0.29) is 5.71 Å². The van der Waals surface area contributed by atoms with E-state index < -0.39 is 0 Å². The number of aldehydes is 1. The smallest absolute Gasteiger partial charge is 0.163 e. The molecule has 2 rings (SSSR count). The zero-order chi connectivity index (χ0) is 19.5. The second-order valence-electron chi connectivity index (χ2n) is 5.61. The first-order chi connectivity index (χ1) is 13.1. The van der Waals surface area contributed by atoms with Crippen LogP contribution >= 0.6 is 36.0 Å². The summed E-state index contributed by atoms with van der Waals surface area (Å²) in [4.78, 5) is 12.5. The number of rotatable bonds is 10. The average molecular weight is 417 g/mol. The maximum atomic E-state index is 10.5. The fourth-order valence-corrected chi connectivity index (χ4v) is 3.56. The summed E-state index contributed by atoms with van der Waals surface area (Å²) in [6, 6.07) is 15.7. The lowest BCUT2D eigenvalue weighted by molar-refractivity contribution is -0.102. The zero-order valence-electron chi connectivity index (χ0n) is 14.7. The third kappa shape index (κ3) is 7.67. The number of benzene rings is 2. The number of nitrogens with one attached hydrogen (secondary N) is 2. The number of allylic oxidation sites excluding steroid dienone is 3. The predicted molar refractivity (Wildman–Crippen MR) is 122 cm³/mol. The second kappa shape index (κ2) is 11.7. The number of carbonyl (C=O) groups excluding carboxylic acids is 1. The summed E-state index contributed by atoms with van der Waals surface area (Å²) in [6.07, 6.45) is 6.59.